The Labute approximate surface area is 143 Å². The van der Waals surface area contributed by atoms with Crippen molar-refractivity contribution in [3.63, 3.8) is 0 Å². The largest absolute Gasteiger partial charge is 0.471 e. The lowest BCUT2D eigenvalue weighted by Gasteiger charge is -2.17. The summed E-state index contributed by atoms with van der Waals surface area (Å²) in [5, 5.41) is 0. The van der Waals surface area contributed by atoms with E-state index in [0.29, 0.717) is 30.0 Å². The van der Waals surface area contributed by atoms with Gasteiger partial charge in [0.25, 0.3) is 11.8 Å². The van der Waals surface area contributed by atoms with E-state index < -0.39 is 12.5 Å². The standard InChI is InChI=1S/C17H18F2N4O2/c1-10-5-11(6-22-15(10)25-9-17(2,18)19)7-23-8-13-12(16(23)24)3-4-21-14(13)20/h3-6H,7-9H2,1-2H3,(H2,20,21). The highest BCUT2D eigenvalue weighted by Crippen LogP contribution is 2.28. The van der Waals surface area contributed by atoms with Gasteiger partial charge in [-0.1, -0.05) is 0 Å². The van der Waals surface area contributed by atoms with Crippen molar-refractivity contribution in [1.82, 2.24) is 14.9 Å². The Kier molecular flexibility index (Phi) is 4.28. The Morgan fingerprint density at radius 3 is 2.80 bits per heavy atom. The number of rotatable bonds is 5. The minimum absolute atomic E-state index is 0.118. The highest BCUT2D eigenvalue weighted by Gasteiger charge is 2.29. The molecular weight excluding hydrogens is 330 g/mol. The lowest BCUT2D eigenvalue weighted by Crippen LogP contribution is -2.24. The van der Waals surface area contributed by atoms with Crippen molar-refractivity contribution >= 4 is 11.7 Å². The number of aromatic nitrogens is 2. The fraction of sp³-hybridized carbons (Fsp3) is 0.353. The second-order valence-corrected chi connectivity index (χ2v) is 6.21. The van der Waals surface area contributed by atoms with Crippen LogP contribution in [0, 0.1) is 6.92 Å². The number of ether oxygens (including phenoxy) is 1. The molecule has 2 N–H and O–H groups in total. The molecule has 132 valence electrons. The van der Waals surface area contributed by atoms with Crippen molar-refractivity contribution < 1.29 is 18.3 Å². The lowest BCUT2D eigenvalue weighted by molar-refractivity contribution is -0.0244. The Bertz CT molecular complexity index is 821. The SMILES string of the molecule is Cc1cc(CN2Cc3c(ccnc3N)C2=O)cnc1OCC(C)(F)F. The highest BCUT2D eigenvalue weighted by molar-refractivity contribution is 5.99. The molecule has 25 heavy (non-hydrogen) atoms. The number of halogens is 2. The average molecular weight is 348 g/mol. The Morgan fingerprint density at radius 2 is 2.16 bits per heavy atom. The minimum Gasteiger partial charge on any atom is -0.471 e. The van der Waals surface area contributed by atoms with Crippen LogP contribution in [0.2, 0.25) is 0 Å². The first-order valence-corrected chi connectivity index (χ1v) is 7.73. The molecule has 0 aliphatic carbocycles. The van der Waals surface area contributed by atoms with Gasteiger partial charge in [-0.05, 0) is 24.6 Å². The summed E-state index contributed by atoms with van der Waals surface area (Å²) in [5.41, 5.74) is 8.51. The van der Waals surface area contributed by atoms with Crippen LogP contribution in [0.25, 0.3) is 0 Å². The van der Waals surface area contributed by atoms with Gasteiger partial charge in [0, 0.05) is 42.6 Å². The number of carbonyl (C=O) groups is 1. The Morgan fingerprint density at radius 1 is 1.40 bits per heavy atom. The number of nitrogens with two attached hydrogens (primary N) is 1. The van der Waals surface area contributed by atoms with E-state index in [1.807, 2.05) is 0 Å². The molecule has 0 saturated carbocycles. The molecule has 8 heteroatoms. The summed E-state index contributed by atoms with van der Waals surface area (Å²) in [7, 11) is 0. The summed E-state index contributed by atoms with van der Waals surface area (Å²) in [6.45, 7) is 2.50. The monoisotopic (exact) mass is 348 g/mol. The van der Waals surface area contributed by atoms with Crippen molar-refractivity contribution in [2.75, 3.05) is 12.3 Å². The fourth-order valence-corrected chi connectivity index (χ4v) is 2.71. The van der Waals surface area contributed by atoms with E-state index in [-0.39, 0.29) is 11.8 Å². The van der Waals surface area contributed by atoms with Crippen LogP contribution in [-0.2, 0) is 13.1 Å². The van der Waals surface area contributed by atoms with Crippen LogP contribution in [0.1, 0.15) is 34.0 Å². The summed E-state index contributed by atoms with van der Waals surface area (Å²) >= 11 is 0. The molecule has 0 atom stereocenters. The number of carbonyl (C=O) groups excluding carboxylic acids is 1. The van der Waals surface area contributed by atoms with Gasteiger partial charge in [-0.2, -0.15) is 0 Å². The summed E-state index contributed by atoms with van der Waals surface area (Å²) in [5.74, 6) is -2.52. The molecule has 1 amide bonds. The van der Waals surface area contributed by atoms with E-state index in [1.165, 1.54) is 12.4 Å². The number of amides is 1. The first kappa shape index (κ1) is 17.1. The Hall–Kier alpha value is -2.77. The van der Waals surface area contributed by atoms with Crippen molar-refractivity contribution in [2.24, 2.45) is 0 Å². The van der Waals surface area contributed by atoms with Gasteiger partial charge in [0.05, 0.1) is 6.54 Å². The van der Waals surface area contributed by atoms with Crippen LogP contribution >= 0.6 is 0 Å². The van der Waals surface area contributed by atoms with Gasteiger partial charge in [0.2, 0.25) is 5.88 Å². The van der Waals surface area contributed by atoms with Crippen molar-refractivity contribution in [3.8, 4) is 5.88 Å². The topological polar surface area (TPSA) is 81.3 Å². The number of anilines is 1. The Balaban J connectivity index is 1.71. The molecule has 6 nitrogen and oxygen atoms in total. The number of hydrogen-bond acceptors (Lipinski definition) is 5. The summed E-state index contributed by atoms with van der Waals surface area (Å²) in [6.07, 6.45) is 3.03. The number of pyridine rings is 2. The van der Waals surface area contributed by atoms with Crippen LogP contribution in [0.5, 0.6) is 5.88 Å². The zero-order valence-corrected chi connectivity index (χ0v) is 13.9. The number of nitrogens with zero attached hydrogens (tertiary/aromatic N) is 3. The second kappa shape index (κ2) is 6.27. The molecule has 0 unspecified atom stereocenters. The van der Waals surface area contributed by atoms with Gasteiger partial charge in [0.1, 0.15) is 5.82 Å². The first-order valence-electron chi connectivity index (χ1n) is 7.73. The number of aryl methyl sites for hydroxylation is 1. The predicted octanol–water partition coefficient (Wildman–Crippen LogP) is 2.56. The van der Waals surface area contributed by atoms with Crippen LogP contribution in [0.4, 0.5) is 14.6 Å². The summed E-state index contributed by atoms with van der Waals surface area (Å²) in [4.78, 5) is 22.2. The molecule has 2 aromatic rings. The van der Waals surface area contributed by atoms with E-state index in [9.17, 15) is 13.6 Å². The van der Waals surface area contributed by atoms with Gasteiger partial charge >= 0.3 is 0 Å². The molecule has 0 spiro atoms. The van der Waals surface area contributed by atoms with Gasteiger partial charge in [0.15, 0.2) is 6.61 Å². The summed E-state index contributed by atoms with van der Waals surface area (Å²) in [6, 6.07) is 3.42. The molecule has 0 bridgehead atoms. The van der Waals surface area contributed by atoms with Gasteiger partial charge in [-0.25, -0.2) is 18.7 Å². The summed E-state index contributed by atoms with van der Waals surface area (Å²) < 4.78 is 30.8. The first-order chi connectivity index (χ1) is 11.7. The third-order valence-corrected chi connectivity index (χ3v) is 3.88. The van der Waals surface area contributed by atoms with Crippen LogP contribution < -0.4 is 10.5 Å². The lowest BCUT2D eigenvalue weighted by atomic mass is 10.2. The van der Waals surface area contributed by atoms with Crippen molar-refractivity contribution in [1.29, 1.82) is 0 Å². The fourth-order valence-electron chi connectivity index (χ4n) is 2.71. The number of alkyl halides is 2. The second-order valence-electron chi connectivity index (χ2n) is 6.21. The maximum Gasteiger partial charge on any atom is 0.278 e. The molecular formula is C17H18F2N4O2. The molecule has 0 aromatic carbocycles. The molecule has 0 saturated heterocycles. The van der Waals surface area contributed by atoms with E-state index in [1.54, 1.807) is 24.0 Å². The predicted molar refractivity (Wildman–Crippen MR) is 87.3 cm³/mol. The third kappa shape index (κ3) is 3.67. The number of hydrogen-bond donors (Lipinski definition) is 1. The van der Waals surface area contributed by atoms with Crippen LogP contribution in [0.3, 0.4) is 0 Å². The number of nitrogen functional groups attached to an aromatic ring is 1. The molecule has 2 aromatic heterocycles. The zero-order chi connectivity index (χ0) is 18.2. The van der Waals surface area contributed by atoms with Gasteiger partial charge < -0.3 is 15.4 Å². The van der Waals surface area contributed by atoms with Crippen LogP contribution in [-0.4, -0.2) is 33.3 Å². The molecule has 3 rings (SSSR count). The van der Waals surface area contributed by atoms with Crippen molar-refractivity contribution in [3.05, 3.63) is 46.8 Å². The average Bonchev–Trinajstić information content (AvgIpc) is 2.84. The van der Waals surface area contributed by atoms with Gasteiger partial charge in [-0.15, -0.1) is 0 Å². The maximum absolute atomic E-state index is 12.9. The quantitative estimate of drug-likeness (QED) is 0.898. The normalized spacial score (nSPS) is 13.9. The number of fused-ring (bicyclic) bond motifs is 1. The third-order valence-electron chi connectivity index (χ3n) is 3.88. The minimum atomic E-state index is -2.92. The molecule has 1 aliphatic heterocycles. The smallest absolute Gasteiger partial charge is 0.278 e. The van der Waals surface area contributed by atoms with E-state index >= 15 is 0 Å². The van der Waals surface area contributed by atoms with E-state index in [2.05, 4.69) is 9.97 Å². The molecule has 0 fully saturated rings. The van der Waals surface area contributed by atoms with Crippen LogP contribution in [0.15, 0.2) is 24.5 Å². The molecule has 1 aliphatic rings. The maximum atomic E-state index is 12.9. The molecule has 3 heterocycles. The van der Waals surface area contributed by atoms with E-state index in [4.69, 9.17) is 10.5 Å². The molecule has 0 radical (unpaired) electrons. The van der Waals surface area contributed by atoms with E-state index in [0.717, 1.165) is 18.1 Å². The zero-order valence-electron chi connectivity index (χ0n) is 13.9. The van der Waals surface area contributed by atoms with Gasteiger partial charge in [-0.3, -0.25) is 4.79 Å². The highest BCUT2D eigenvalue weighted by atomic mass is 19.3. The van der Waals surface area contributed by atoms with Crippen molar-refractivity contribution in [2.45, 2.75) is 32.9 Å².